The molecule has 0 fully saturated rings. The van der Waals surface area contributed by atoms with E-state index in [1.807, 2.05) is 0 Å². The molecule has 9 heteroatoms. The molecule has 0 aromatic heterocycles. The standard InChI is InChI=1S/C7H6FNO5S.Na/c8-6-2-1-5(4-15(12,13)14)7(3-6)9(10)11;/h1-3H,4H2,(H,12,13,14);/q;+1/p-1. The minimum absolute atomic E-state index is 0. The van der Waals surface area contributed by atoms with Crippen LogP contribution in [0.3, 0.4) is 0 Å². The number of nitro benzene ring substituents is 1. The Labute approximate surface area is 113 Å². The Bertz CT molecular complexity index is 503. The fourth-order valence-electron chi connectivity index (χ4n) is 1.02. The molecule has 0 atom stereocenters. The summed E-state index contributed by atoms with van der Waals surface area (Å²) in [4.78, 5) is 9.46. The summed E-state index contributed by atoms with van der Waals surface area (Å²) in [5, 5.41) is 10.4. The minimum atomic E-state index is -4.62. The summed E-state index contributed by atoms with van der Waals surface area (Å²) in [7, 11) is -4.62. The maximum atomic E-state index is 12.6. The average Bonchev–Trinajstić information content (AvgIpc) is 2.05. The molecule has 0 bridgehead atoms. The van der Waals surface area contributed by atoms with Crippen molar-refractivity contribution in [3.63, 3.8) is 0 Å². The quantitative estimate of drug-likeness (QED) is 0.264. The van der Waals surface area contributed by atoms with Crippen LogP contribution in [0.1, 0.15) is 5.56 Å². The maximum absolute atomic E-state index is 12.6. The van der Waals surface area contributed by atoms with Crippen molar-refractivity contribution >= 4 is 15.8 Å². The van der Waals surface area contributed by atoms with Gasteiger partial charge in [-0.15, -0.1) is 0 Å². The van der Waals surface area contributed by atoms with Gasteiger partial charge in [-0.1, -0.05) is 0 Å². The van der Waals surface area contributed by atoms with Crippen molar-refractivity contribution in [2.24, 2.45) is 0 Å². The number of nitro groups is 1. The Morgan fingerprint density at radius 1 is 1.38 bits per heavy atom. The Kier molecular flexibility index (Phi) is 5.50. The molecule has 1 aromatic carbocycles. The fraction of sp³-hybridized carbons (Fsp3) is 0.143. The molecule has 6 nitrogen and oxygen atoms in total. The van der Waals surface area contributed by atoms with E-state index >= 15 is 0 Å². The monoisotopic (exact) mass is 257 g/mol. The number of halogens is 1. The molecular weight excluding hydrogens is 252 g/mol. The van der Waals surface area contributed by atoms with Crippen molar-refractivity contribution in [3.05, 3.63) is 39.7 Å². The Morgan fingerprint density at radius 3 is 2.38 bits per heavy atom. The third kappa shape index (κ3) is 4.54. The van der Waals surface area contributed by atoms with Crippen LogP contribution in [0.2, 0.25) is 0 Å². The van der Waals surface area contributed by atoms with E-state index in [0.717, 1.165) is 12.1 Å². The van der Waals surface area contributed by atoms with Crippen LogP contribution in [0.5, 0.6) is 0 Å². The van der Waals surface area contributed by atoms with E-state index in [9.17, 15) is 27.5 Å². The summed E-state index contributed by atoms with van der Waals surface area (Å²) < 4.78 is 43.8. The van der Waals surface area contributed by atoms with Gasteiger partial charge < -0.3 is 4.55 Å². The minimum Gasteiger partial charge on any atom is -0.748 e. The number of nitrogens with zero attached hydrogens (tertiary/aromatic N) is 1. The zero-order valence-electron chi connectivity index (χ0n) is 8.21. The zero-order chi connectivity index (χ0) is 11.6. The molecule has 1 rings (SSSR count). The Morgan fingerprint density at radius 2 is 1.94 bits per heavy atom. The van der Waals surface area contributed by atoms with Gasteiger partial charge in [-0.3, -0.25) is 10.1 Å². The first-order chi connectivity index (χ1) is 6.79. The number of hydrogen-bond acceptors (Lipinski definition) is 5. The van der Waals surface area contributed by atoms with Crippen LogP contribution in [0.25, 0.3) is 0 Å². The van der Waals surface area contributed by atoms with Crippen LogP contribution in [0.4, 0.5) is 10.1 Å². The SMILES string of the molecule is O=[N+]([O-])c1cc(F)ccc1CS(=O)(=O)[O-].[Na+]. The summed E-state index contributed by atoms with van der Waals surface area (Å²) >= 11 is 0. The summed E-state index contributed by atoms with van der Waals surface area (Å²) in [5.74, 6) is -1.89. The molecule has 0 saturated heterocycles. The average molecular weight is 257 g/mol. The maximum Gasteiger partial charge on any atom is 1.00 e. The molecule has 0 heterocycles. The first kappa shape index (κ1) is 15.5. The third-order valence-corrected chi connectivity index (χ3v) is 2.24. The van der Waals surface area contributed by atoms with Gasteiger partial charge in [-0.05, 0) is 12.1 Å². The van der Waals surface area contributed by atoms with Gasteiger partial charge in [-0.2, -0.15) is 0 Å². The van der Waals surface area contributed by atoms with Gasteiger partial charge in [0.05, 0.1) is 26.9 Å². The molecular formula is C7H5FNNaO5S. The number of rotatable bonds is 3. The normalized spacial score (nSPS) is 10.6. The second-order valence-electron chi connectivity index (χ2n) is 2.73. The molecule has 0 amide bonds. The van der Waals surface area contributed by atoms with Crippen molar-refractivity contribution < 1.29 is 51.8 Å². The largest absolute Gasteiger partial charge is 1.00 e. The molecule has 0 saturated carbocycles. The second-order valence-corrected chi connectivity index (χ2v) is 4.14. The molecule has 0 spiro atoms. The van der Waals surface area contributed by atoms with E-state index < -0.39 is 32.3 Å². The molecule has 0 unspecified atom stereocenters. The predicted molar refractivity (Wildman–Crippen MR) is 46.5 cm³/mol. The van der Waals surface area contributed by atoms with Crippen LogP contribution >= 0.6 is 0 Å². The molecule has 16 heavy (non-hydrogen) atoms. The van der Waals surface area contributed by atoms with Crippen molar-refractivity contribution in [3.8, 4) is 0 Å². The van der Waals surface area contributed by atoms with E-state index in [-0.39, 0.29) is 35.1 Å². The van der Waals surface area contributed by atoms with Crippen LogP contribution in [-0.2, 0) is 15.9 Å². The van der Waals surface area contributed by atoms with Gasteiger partial charge in [-0.25, -0.2) is 12.8 Å². The van der Waals surface area contributed by atoms with Crippen LogP contribution in [0, 0.1) is 15.9 Å². The smallest absolute Gasteiger partial charge is 0.748 e. The van der Waals surface area contributed by atoms with Crippen molar-refractivity contribution in [2.75, 3.05) is 0 Å². The zero-order valence-corrected chi connectivity index (χ0v) is 11.0. The first-order valence-electron chi connectivity index (χ1n) is 3.66. The van der Waals surface area contributed by atoms with Crippen LogP contribution in [-0.4, -0.2) is 17.9 Å². The van der Waals surface area contributed by atoms with Crippen LogP contribution in [0.15, 0.2) is 18.2 Å². The van der Waals surface area contributed by atoms with Gasteiger partial charge in [0.1, 0.15) is 5.82 Å². The van der Waals surface area contributed by atoms with Gasteiger partial charge in [0.15, 0.2) is 0 Å². The molecule has 0 radical (unpaired) electrons. The second kappa shape index (κ2) is 5.69. The summed E-state index contributed by atoms with van der Waals surface area (Å²) in [6, 6.07) is 2.33. The van der Waals surface area contributed by atoms with Crippen molar-refractivity contribution in [2.45, 2.75) is 5.75 Å². The van der Waals surface area contributed by atoms with Crippen LogP contribution < -0.4 is 29.6 Å². The van der Waals surface area contributed by atoms with Gasteiger partial charge in [0.2, 0.25) is 0 Å². The van der Waals surface area contributed by atoms with Gasteiger partial charge in [0, 0.05) is 5.56 Å². The molecule has 0 N–H and O–H groups in total. The number of benzene rings is 1. The van der Waals surface area contributed by atoms with Crippen molar-refractivity contribution in [1.29, 1.82) is 0 Å². The molecule has 1 aromatic rings. The van der Waals surface area contributed by atoms with E-state index in [1.54, 1.807) is 0 Å². The summed E-state index contributed by atoms with van der Waals surface area (Å²) in [6.07, 6.45) is 0. The van der Waals surface area contributed by atoms with E-state index in [4.69, 9.17) is 0 Å². The van der Waals surface area contributed by atoms with E-state index in [0.29, 0.717) is 6.07 Å². The molecule has 0 aliphatic heterocycles. The molecule has 82 valence electrons. The fourth-order valence-corrected chi connectivity index (χ4v) is 1.64. The van der Waals surface area contributed by atoms with E-state index in [1.165, 1.54) is 0 Å². The molecule has 0 aliphatic carbocycles. The van der Waals surface area contributed by atoms with Gasteiger partial charge in [0.25, 0.3) is 5.69 Å². The van der Waals surface area contributed by atoms with Crippen molar-refractivity contribution in [1.82, 2.24) is 0 Å². The molecule has 0 aliphatic rings. The number of hydrogen-bond donors (Lipinski definition) is 0. The van der Waals surface area contributed by atoms with E-state index in [2.05, 4.69) is 0 Å². The third-order valence-electron chi connectivity index (χ3n) is 1.58. The topological polar surface area (TPSA) is 100 Å². The summed E-state index contributed by atoms with van der Waals surface area (Å²) in [6.45, 7) is 0. The Hall–Kier alpha value is -0.540. The predicted octanol–water partition coefficient (Wildman–Crippen LogP) is -2.22. The first-order valence-corrected chi connectivity index (χ1v) is 5.24. The summed E-state index contributed by atoms with van der Waals surface area (Å²) in [5.41, 5.74) is -1.04. The Balaban J connectivity index is 0.00000225. The van der Waals surface area contributed by atoms with Gasteiger partial charge >= 0.3 is 29.6 Å².